The lowest BCUT2D eigenvalue weighted by Gasteiger charge is -2.25. The average molecular weight is 559 g/mol. The third-order valence-electron chi connectivity index (χ3n) is 6.33. The molecule has 0 saturated carbocycles. The maximum absolute atomic E-state index is 15.8. The summed E-state index contributed by atoms with van der Waals surface area (Å²) in [4.78, 5) is 31.1. The Morgan fingerprint density at radius 1 is 1.29 bits per heavy atom. The lowest BCUT2D eigenvalue weighted by atomic mass is 9.94. The SMILES string of the molecule is [2H]C([2H])([2H])N(C(=O)OC(C)(C)C)c1nc(-c2cnn(C)c2-c2c(F)cc3ccccc3c2C#N)cc2c(CO)n[nH]c(=O)c12. The number of fused-ring (bicyclic) bond motifs is 2. The van der Waals surface area contributed by atoms with E-state index in [0.717, 1.165) is 0 Å². The third-order valence-corrected chi connectivity index (χ3v) is 6.33. The molecule has 3 aromatic heterocycles. The van der Waals surface area contributed by atoms with Crippen LogP contribution < -0.4 is 10.5 Å². The van der Waals surface area contributed by atoms with Gasteiger partial charge in [0, 0.05) is 34.5 Å². The van der Waals surface area contributed by atoms with E-state index < -0.39 is 42.5 Å². The summed E-state index contributed by atoms with van der Waals surface area (Å²) < 4.78 is 47.0. The highest BCUT2D eigenvalue weighted by atomic mass is 19.1. The van der Waals surface area contributed by atoms with E-state index in [1.807, 2.05) is 0 Å². The van der Waals surface area contributed by atoms with Gasteiger partial charge in [-0.1, -0.05) is 24.3 Å². The Morgan fingerprint density at radius 2 is 2.05 bits per heavy atom. The zero-order valence-corrected chi connectivity index (χ0v) is 22.5. The number of hydrogen-bond acceptors (Lipinski definition) is 8. The minimum atomic E-state index is -3.19. The highest BCUT2D eigenvalue weighted by molar-refractivity contribution is 6.02. The maximum Gasteiger partial charge on any atom is 0.415 e. The number of amides is 1. The van der Waals surface area contributed by atoms with Crippen LogP contribution in [0.2, 0.25) is 0 Å². The van der Waals surface area contributed by atoms with Crippen molar-refractivity contribution in [3.8, 4) is 28.6 Å². The lowest BCUT2D eigenvalue weighted by Crippen LogP contribution is -2.35. The fourth-order valence-corrected chi connectivity index (χ4v) is 4.61. The van der Waals surface area contributed by atoms with Gasteiger partial charge >= 0.3 is 6.09 Å². The zero-order valence-electron chi connectivity index (χ0n) is 25.5. The van der Waals surface area contributed by atoms with Crippen molar-refractivity contribution in [2.24, 2.45) is 7.05 Å². The second kappa shape index (κ2) is 10.1. The second-order valence-electron chi connectivity index (χ2n) is 10.2. The Labute approximate surface area is 237 Å². The van der Waals surface area contributed by atoms with Crippen LogP contribution in [0.15, 0.2) is 47.4 Å². The van der Waals surface area contributed by atoms with E-state index in [-0.39, 0.29) is 49.4 Å². The number of pyridine rings is 1. The Morgan fingerprint density at radius 3 is 2.73 bits per heavy atom. The number of nitrogens with one attached hydrogen (secondary N) is 1. The molecule has 3 heterocycles. The first kappa shape index (κ1) is 23.7. The van der Waals surface area contributed by atoms with Crippen LogP contribution in [0, 0.1) is 17.1 Å². The van der Waals surface area contributed by atoms with Crippen LogP contribution in [-0.4, -0.2) is 48.7 Å². The molecule has 0 unspecified atom stereocenters. The lowest BCUT2D eigenvalue weighted by molar-refractivity contribution is 0.0588. The van der Waals surface area contributed by atoms with Crippen LogP contribution in [-0.2, 0) is 18.4 Å². The summed E-state index contributed by atoms with van der Waals surface area (Å²) in [6, 6.07) is 11.5. The van der Waals surface area contributed by atoms with Gasteiger partial charge in [-0.2, -0.15) is 15.5 Å². The van der Waals surface area contributed by atoms with Crippen molar-refractivity contribution < 1.29 is 23.1 Å². The van der Waals surface area contributed by atoms with Gasteiger partial charge in [0.05, 0.1) is 46.4 Å². The Bertz CT molecular complexity index is 2060. The topological polar surface area (TPSA) is 150 Å². The van der Waals surface area contributed by atoms with Crippen molar-refractivity contribution in [1.82, 2.24) is 25.0 Å². The van der Waals surface area contributed by atoms with Gasteiger partial charge in [0.25, 0.3) is 5.56 Å². The summed E-state index contributed by atoms with van der Waals surface area (Å²) in [6.45, 7) is 0.758. The van der Waals surface area contributed by atoms with Crippen molar-refractivity contribution >= 4 is 33.5 Å². The number of carbonyl (C=O) groups excluding carboxylic acids is 1. The van der Waals surface area contributed by atoms with Gasteiger partial charge in [-0.3, -0.25) is 14.4 Å². The minimum Gasteiger partial charge on any atom is -0.443 e. The molecule has 2 N–H and O–H groups in total. The first-order chi connectivity index (χ1) is 20.7. The molecule has 41 heavy (non-hydrogen) atoms. The van der Waals surface area contributed by atoms with Gasteiger partial charge in [-0.15, -0.1) is 0 Å². The summed E-state index contributed by atoms with van der Waals surface area (Å²) in [5.74, 6) is -1.34. The first-order valence-electron chi connectivity index (χ1n) is 13.9. The number of aromatic nitrogens is 5. The molecule has 0 atom stereocenters. The smallest absolute Gasteiger partial charge is 0.415 e. The van der Waals surface area contributed by atoms with Gasteiger partial charge in [-0.25, -0.2) is 19.3 Å². The number of benzene rings is 2. The van der Waals surface area contributed by atoms with Crippen molar-refractivity contribution in [3.05, 3.63) is 70.0 Å². The minimum absolute atomic E-state index is 0.0247. The quantitative estimate of drug-likeness (QED) is 0.329. The normalized spacial score (nSPS) is 13.0. The standard InChI is InChI=1S/C29H26FN7O4/c1-29(2,3)41-28(40)36(4)26-24-17(22(14-38)34-35-27(24)39)11-21(33-26)19-13-32-37(5)25(19)23-18(12-31)16-9-7-6-8-15(16)10-20(23)30/h6-11,13,38H,14H2,1-5H3,(H,35,39)/i4D3. The van der Waals surface area contributed by atoms with Gasteiger partial charge in [0.1, 0.15) is 17.5 Å². The fraction of sp³-hybridized carbons (Fsp3) is 0.241. The number of aliphatic hydroxyl groups excluding tert-OH is 1. The van der Waals surface area contributed by atoms with E-state index in [1.54, 1.807) is 24.3 Å². The van der Waals surface area contributed by atoms with E-state index in [1.165, 1.54) is 50.8 Å². The molecule has 12 heteroatoms. The van der Waals surface area contributed by atoms with Gasteiger partial charge < -0.3 is 9.84 Å². The average Bonchev–Trinajstić information content (AvgIpc) is 3.31. The number of aryl methyl sites for hydroxylation is 1. The number of ether oxygens (including phenoxy) is 1. The van der Waals surface area contributed by atoms with Crippen LogP contribution in [0.25, 0.3) is 44.1 Å². The summed E-state index contributed by atoms with van der Waals surface area (Å²) in [5.41, 5.74) is -1.91. The van der Waals surface area contributed by atoms with Gasteiger partial charge in [-0.05, 0) is 38.3 Å². The van der Waals surface area contributed by atoms with Crippen LogP contribution in [0.3, 0.4) is 0 Å². The van der Waals surface area contributed by atoms with Crippen LogP contribution >= 0.6 is 0 Å². The predicted octanol–water partition coefficient (Wildman–Crippen LogP) is 4.41. The molecule has 208 valence electrons. The predicted molar refractivity (Wildman–Crippen MR) is 151 cm³/mol. The van der Waals surface area contributed by atoms with Crippen molar-refractivity contribution in [1.29, 1.82) is 5.26 Å². The van der Waals surface area contributed by atoms with Crippen molar-refractivity contribution in [2.45, 2.75) is 33.0 Å². The molecule has 5 rings (SSSR count). The molecular formula is C29H26FN7O4. The number of rotatable bonds is 4. The summed E-state index contributed by atoms with van der Waals surface area (Å²) in [7, 11) is 1.53. The third kappa shape index (κ3) is 4.76. The molecule has 0 fully saturated rings. The molecule has 0 aliphatic carbocycles. The summed E-state index contributed by atoms with van der Waals surface area (Å²) >= 11 is 0. The fourth-order valence-electron chi connectivity index (χ4n) is 4.61. The number of aromatic amines is 1. The molecule has 1 amide bonds. The molecule has 0 aliphatic rings. The monoisotopic (exact) mass is 558 g/mol. The number of halogens is 1. The van der Waals surface area contributed by atoms with Crippen molar-refractivity contribution in [3.63, 3.8) is 0 Å². The van der Waals surface area contributed by atoms with Crippen molar-refractivity contribution in [2.75, 3.05) is 11.9 Å². The van der Waals surface area contributed by atoms with Crippen LogP contribution in [0.4, 0.5) is 15.0 Å². The number of hydrogen-bond donors (Lipinski definition) is 2. The maximum atomic E-state index is 15.8. The Balaban J connectivity index is 1.89. The largest absolute Gasteiger partial charge is 0.443 e. The van der Waals surface area contributed by atoms with Crippen LogP contribution in [0.5, 0.6) is 0 Å². The number of H-pyrrole nitrogens is 1. The number of carbonyl (C=O) groups is 1. The number of aliphatic hydroxyl groups is 1. The molecule has 0 bridgehead atoms. The van der Waals surface area contributed by atoms with E-state index in [9.17, 15) is 20.0 Å². The highest BCUT2D eigenvalue weighted by Gasteiger charge is 2.28. The second-order valence-corrected chi connectivity index (χ2v) is 10.2. The van der Waals surface area contributed by atoms with E-state index >= 15 is 4.39 Å². The number of nitrogens with zero attached hydrogens (tertiary/aromatic N) is 6. The molecule has 11 nitrogen and oxygen atoms in total. The van der Waals surface area contributed by atoms with E-state index in [4.69, 9.17) is 8.85 Å². The molecule has 0 saturated heterocycles. The first-order valence-corrected chi connectivity index (χ1v) is 12.4. The molecule has 0 aliphatic heterocycles. The molecule has 5 aromatic rings. The van der Waals surface area contributed by atoms with Crippen LogP contribution in [0.1, 0.15) is 36.1 Å². The zero-order chi connectivity index (χ0) is 32.1. The summed E-state index contributed by atoms with van der Waals surface area (Å²) in [5, 5.41) is 31.1. The number of nitriles is 1. The summed E-state index contributed by atoms with van der Waals surface area (Å²) in [6.07, 6.45) is 0.0130. The Hall–Kier alpha value is -5.15. The van der Waals surface area contributed by atoms with E-state index in [2.05, 4.69) is 26.3 Å². The molecule has 0 radical (unpaired) electrons. The molecule has 0 spiro atoms. The molecular weight excluding hydrogens is 529 g/mol. The number of anilines is 1. The van der Waals surface area contributed by atoms with Gasteiger partial charge in [0.2, 0.25) is 0 Å². The van der Waals surface area contributed by atoms with Gasteiger partial charge in [0.15, 0.2) is 5.82 Å². The Kier molecular flexibility index (Phi) is 5.85. The highest BCUT2D eigenvalue weighted by Crippen LogP contribution is 2.39. The van der Waals surface area contributed by atoms with E-state index in [0.29, 0.717) is 10.8 Å². The molecule has 2 aromatic carbocycles.